The quantitative estimate of drug-likeness (QED) is 0.0489. The van der Waals surface area contributed by atoms with Gasteiger partial charge in [0.2, 0.25) is 0 Å². The molecule has 15 atom stereocenters. The van der Waals surface area contributed by atoms with Crippen LogP contribution in [0.1, 0.15) is 11.1 Å². The fourth-order valence-corrected chi connectivity index (χ4v) is 6.17. The smallest absolute Gasteiger partial charge is 0.330 e. The first-order valence-electron chi connectivity index (χ1n) is 17.4. The minimum absolute atomic E-state index is 0.0541. The van der Waals surface area contributed by atoms with Crippen LogP contribution in [0.3, 0.4) is 0 Å². The summed E-state index contributed by atoms with van der Waals surface area (Å²) >= 11 is 0. The van der Waals surface area contributed by atoms with Crippen LogP contribution < -0.4 is 0 Å². The average molecular weight is 803 g/mol. The van der Waals surface area contributed by atoms with Crippen LogP contribution in [0.2, 0.25) is 0 Å². The molecule has 2 aromatic carbocycles. The van der Waals surface area contributed by atoms with Crippen molar-refractivity contribution < 1.29 is 104 Å². The zero-order chi connectivity index (χ0) is 40.8. The Kier molecular flexibility index (Phi) is 14.8. The molecule has 0 saturated carbocycles. The van der Waals surface area contributed by atoms with Crippen LogP contribution >= 0.6 is 0 Å². The first-order chi connectivity index (χ1) is 26.6. The maximum absolute atomic E-state index is 12.7. The number of aliphatic hydroxyl groups excluding tert-OH is 9. The van der Waals surface area contributed by atoms with E-state index in [0.717, 1.165) is 6.08 Å². The van der Waals surface area contributed by atoms with Gasteiger partial charge in [-0.2, -0.15) is 0 Å². The molecule has 3 aliphatic heterocycles. The summed E-state index contributed by atoms with van der Waals surface area (Å²) in [4.78, 5) is 12.7. The van der Waals surface area contributed by atoms with Crippen LogP contribution in [-0.4, -0.2) is 191 Å². The summed E-state index contributed by atoms with van der Waals surface area (Å²) in [5.41, 5.74) is 0.777. The first kappa shape index (κ1) is 43.4. The summed E-state index contributed by atoms with van der Waals surface area (Å²) in [5.74, 6) is -2.61. The van der Waals surface area contributed by atoms with E-state index >= 15 is 0 Å². The second-order valence-electron chi connectivity index (χ2n) is 13.3. The van der Waals surface area contributed by atoms with Crippen molar-refractivity contribution in [3.63, 3.8) is 0 Å². The highest BCUT2D eigenvalue weighted by Gasteiger charge is 2.54. The predicted octanol–water partition coefficient (Wildman–Crippen LogP) is -4.22. The third kappa shape index (κ3) is 10.0. The number of phenolic OH excluding ortho intramolecular Hbond substituents is 4. The summed E-state index contributed by atoms with van der Waals surface area (Å²) < 4.78 is 40.1. The minimum atomic E-state index is -2.00. The van der Waals surface area contributed by atoms with Crippen molar-refractivity contribution in [2.45, 2.75) is 98.5 Å². The van der Waals surface area contributed by atoms with Crippen LogP contribution in [0.25, 0.3) is 6.08 Å². The Morgan fingerprint density at radius 3 is 1.70 bits per heavy atom. The Hall–Kier alpha value is -3.75. The van der Waals surface area contributed by atoms with Crippen LogP contribution in [0, 0.1) is 0 Å². The SMILES string of the molecule is O=C(C=Cc1ccc(O)c(O)c1)OCC1OC(OCCc2ccc(O)c(O)c2)C(OC2OC(CO)C(O)C(O)C2O)C(OC2OC(CO)C(O)C(O)C2O)C1O. The lowest BCUT2D eigenvalue weighted by molar-refractivity contribution is -0.391. The summed E-state index contributed by atoms with van der Waals surface area (Å²) in [7, 11) is 0. The van der Waals surface area contributed by atoms with Gasteiger partial charge in [-0.1, -0.05) is 12.1 Å². The second-order valence-corrected chi connectivity index (χ2v) is 13.3. The molecule has 0 aliphatic carbocycles. The van der Waals surface area contributed by atoms with E-state index in [-0.39, 0.29) is 24.5 Å². The number of benzene rings is 2. The number of rotatable bonds is 14. The summed E-state index contributed by atoms with van der Waals surface area (Å²) in [5, 5.41) is 133. The van der Waals surface area contributed by atoms with Gasteiger partial charge in [0.1, 0.15) is 79.9 Å². The van der Waals surface area contributed by atoms with Crippen molar-refractivity contribution in [2.75, 3.05) is 26.4 Å². The van der Waals surface area contributed by atoms with Gasteiger partial charge in [-0.15, -0.1) is 0 Å². The Bertz CT molecular complexity index is 1620. The molecular formula is C35H46O21. The highest BCUT2D eigenvalue weighted by molar-refractivity contribution is 5.87. The number of hydrogen-bond donors (Lipinski definition) is 13. The van der Waals surface area contributed by atoms with Gasteiger partial charge in [0.15, 0.2) is 41.9 Å². The Morgan fingerprint density at radius 2 is 1.14 bits per heavy atom. The molecule has 15 unspecified atom stereocenters. The monoisotopic (exact) mass is 802 g/mol. The van der Waals surface area contributed by atoms with E-state index in [1.54, 1.807) is 0 Å². The third-order valence-corrected chi connectivity index (χ3v) is 9.41. The summed E-state index contributed by atoms with van der Waals surface area (Å²) in [6.45, 7) is -2.64. The average Bonchev–Trinajstić information content (AvgIpc) is 3.18. The topological polar surface area (TPSA) is 345 Å². The zero-order valence-corrected chi connectivity index (χ0v) is 29.4. The predicted molar refractivity (Wildman–Crippen MR) is 181 cm³/mol. The van der Waals surface area contributed by atoms with Crippen molar-refractivity contribution in [2.24, 2.45) is 0 Å². The van der Waals surface area contributed by atoms with Gasteiger partial charge in [0.25, 0.3) is 0 Å². The van der Waals surface area contributed by atoms with Gasteiger partial charge in [-0.05, 0) is 47.9 Å². The van der Waals surface area contributed by atoms with E-state index in [1.165, 1.54) is 42.5 Å². The van der Waals surface area contributed by atoms with Crippen molar-refractivity contribution >= 4 is 12.0 Å². The van der Waals surface area contributed by atoms with E-state index in [0.29, 0.717) is 11.1 Å². The Labute approximate surface area is 317 Å². The van der Waals surface area contributed by atoms with Crippen molar-refractivity contribution in [1.82, 2.24) is 0 Å². The van der Waals surface area contributed by atoms with E-state index in [2.05, 4.69) is 0 Å². The molecule has 0 radical (unpaired) electrons. The van der Waals surface area contributed by atoms with E-state index < -0.39 is 129 Å². The lowest BCUT2D eigenvalue weighted by Crippen LogP contribution is -2.67. The second kappa shape index (κ2) is 19.1. The molecular weight excluding hydrogens is 756 g/mol. The highest BCUT2D eigenvalue weighted by atomic mass is 16.8. The van der Waals surface area contributed by atoms with Crippen molar-refractivity contribution in [3.8, 4) is 23.0 Å². The molecule has 21 heteroatoms. The number of ether oxygens (including phenoxy) is 7. The van der Waals surface area contributed by atoms with E-state index in [4.69, 9.17) is 33.2 Å². The van der Waals surface area contributed by atoms with Gasteiger partial charge in [0, 0.05) is 6.08 Å². The molecule has 5 rings (SSSR count). The van der Waals surface area contributed by atoms with Gasteiger partial charge >= 0.3 is 5.97 Å². The molecule has 312 valence electrons. The molecule has 13 N–H and O–H groups in total. The largest absolute Gasteiger partial charge is 0.504 e. The molecule has 0 aromatic heterocycles. The standard InChI is InChI=1S/C35H46O21/c36-11-20-24(43)27(46)29(48)33(52-20)55-31-26(45)22(13-51-23(42)6-3-14-1-4-16(38)18(40)9-14)54-35(50-8-7-15-2-5-17(39)19(41)10-15)32(31)56-34-30(49)28(47)25(44)21(12-37)53-34/h1-6,9-10,20-22,24-41,43-49H,7-8,11-13H2. The fraction of sp³-hybridized carbons (Fsp3) is 0.571. The Balaban J connectivity index is 1.43. The molecule has 0 bridgehead atoms. The van der Waals surface area contributed by atoms with E-state index in [1.807, 2.05) is 0 Å². The van der Waals surface area contributed by atoms with Gasteiger partial charge in [0.05, 0.1) is 19.8 Å². The zero-order valence-electron chi connectivity index (χ0n) is 29.4. The number of esters is 1. The number of aromatic hydroxyl groups is 4. The number of aliphatic hydroxyl groups is 9. The number of phenols is 4. The lowest BCUT2D eigenvalue weighted by atomic mass is 9.96. The van der Waals surface area contributed by atoms with Gasteiger partial charge in [-0.3, -0.25) is 0 Å². The summed E-state index contributed by atoms with van der Waals surface area (Å²) in [6.07, 6.45) is -24.6. The maximum Gasteiger partial charge on any atom is 0.330 e. The Morgan fingerprint density at radius 1 is 0.607 bits per heavy atom. The van der Waals surface area contributed by atoms with Gasteiger partial charge < -0.3 is 99.5 Å². The van der Waals surface area contributed by atoms with Crippen LogP contribution in [0.5, 0.6) is 23.0 Å². The number of carbonyl (C=O) groups excluding carboxylic acids is 1. The molecule has 2 aromatic rings. The minimum Gasteiger partial charge on any atom is -0.504 e. The number of carbonyl (C=O) groups is 1. The molecule has 3 aliphatic rings. The molecule has 0 spiro atoms. The molecule has 3 saturated heterocycles. The molecule has 3 heterocycles. The molecule has 3 fully saturated rings. The first-order valence-corrected chi connectivity index (χ1v) is 17.4. The fourth-order valence-electron chi connectivity index (χ4n) is 6.17. The van der Waals surface area contributed by atoms with Crippen molar-refractivity contribution in [3.05, 3.63) is 53.6 Å². The molecule has 0 amide bonds. The third-order valence-electron chi connectivity index (χ3n) is 9.41. The van der Waals surface area contributed by atoms with E-state index in [9.17, 15) is 71.2 Å². The van der Waals surface area contributed by atoms with Crippen LogP contribution in [0.4, 0.5) is 0 Å². The number of hydrogen-bond acceptors (Lipinski definition) is 21. The highest BCUT2D eigenvalue weighted by Crippen LogP contribution is 2.35. The van der Waals surface area contributed by atoms with Crippen molar-refractivity contribution in [1.29, 1.82) is 0 Å². The van der Waals surface area contributed by atoms with Gasteiger partial charge in [-0.25, -0.2) is 4.79 Å². The molecule has 21 nitrogen and oxygen atoms in total. The lowest BCUT2D eigenvalue weighted by Gasteiger charge is -2.49. The maximum atomic E-state index is 12.7. The normalized spacial score (nSPS) is 36.4. The molecule has 56 heavy (non-hydrogen) atoms. The van der Waals surface area contributed by atoms with Crippen LogP contribution in [0.15, 0.2) is 42.5 Å². The van der Waals surface area contributed by atoms with Crippen LogP contribution in [-0.2, 0) is 44.4 Å². The summed E-state index contributed by atoms with van der Waals surface area (Å²) in [6, 6.07) is 7.72.